The third kappa shape index (κ3) is 2.82. The molecule has 0 amide bonds. The zero-order valence-corrected chi connectivity index (χ0v) is 9.06. The SMILES string of the molecule is N#Cc1ccccc1COc1ccc(F)cc1. The molecule has 2 aromatic rings. The maximum atomic E-state index is 12.7. The fourth-order valence-electron chi connectivity index (χ4n) is 1.45. The Morgan fingerprint density at radius 2 is 1.76 bits per heavy atom. The minimum Gasteiger partial charge on any atom is -0.489 e. The molecule has 0 heterocycles. The fraction of sp³-hybridized carbons (Fsp3) is 0.0714. The van der Waals surface area contributed by atoms with Crippen LogP contribution in [-0.2, 0) is 6.61 Å². The van der Waals surface area contributed by atoms with Gasteiger partial charge in [-0.3, -0.25) is 0 Å². The Bertz CT molecular complexity index is 543. The summed E-state index contributed by atoms with van der Waals surface area (Å²) in [5, 5.41) is 8.90. The van der Waals surface area contributed by atoms with Crippen molar-refractivity contribution in [3.05, 3.63) is 65.5 Å². The summed E-state index contributed by atoms with van der Waals surface area (Å²) in [6.45, 7) is 0.301. The van der Waals surface area contributed by atoms with Gasteiger partial charge in [0.15, 0.2) is 0 Å². The molecule has 0 saturated heterocycles. The molecule has 0 unspecified atom stereocenters. The van der Waals surface area contributed by atoms with Gasteiger partial charge in [0.1, 0.15) is 18.2 Å². The van der Waals surface area contributed by atoms with Crippen LogP contribution in [0.3, 0.4) is 0 Å². The lowest BCUT2D eigenvalue weighted by Crippen LogP contribution is -1.97. The van der Waals surface area contributed by atoms with Crippen LogP contribution in [0.15, 0.2) is 48.5 Å². The molecule has 0 aromatic heterocycles. The molecule has 0 spiro atoms. The highest BCUT2D eigenvalue weighted by atomic mass is 19.1. The van der Waals surface area contributed by atoms with E-state index in [2.05, 4.69) is 6.07 Å². The first-order valence-corrected chi connectivity index (χ1v) is 5.16. The van der Waals surface area contributed by atoms with E-state index in [0.717, 1.165) is 5.56 Å². The van der Waals surface area contributed by atoms with Crippen LogP contribution in [0.1, 0.15) is 11.1 Å². The largest absolute Gasteiger partial charge is 0.489 e. The molecule has 2 nitrogen and oxygen atoms in total. The number of hydrogen-bond donors (Lipinski definition) is 0. The molecular weight excluding hydrogens is 217 g/mol. The van der Waals surface area contributed by atoms with E-state index in [9.17, 15) is 4.39 Å². The number of rotatable bonds is 3. The Kier molecular flexibility index (Phi) is 3.37. The molecule has 2 aromatic carbocycles. The molecular formula is C14H10FNO. The van der Waals surface area contributed by atoms with Crippen LogP contribution in [0, 0.1) is 17.1 Å². The first-order chi connectivity index (χ1) is 8.29. The molecule has 0 N–H and O–H groups in total. The second-order valence-corrected chi connectivity index (χ2v) is 3.51. The van der Waals surface area contributed by atoms with Gasteiger partial charge >= 0.3 is 0 Å². The highest BCUT2D eigenvalue weighted by Crippen LogP contribution is 2.15. The summed E-state index contributed by atoms with van der Waals surface area (Å²) >= 11 is 0. The minimum atomic E-state index is -0.297. The maximum absolute atomic E-state index is 12.7. The summed E-state index contributed by atoms with van der Waals surface area (Å²) < 4.78 is 18.1. The van der Waals surface area contributed by atoms with Gasteiger partial charge in [-0.15, -0.1) is 0 Å². The van der Waals surface area contributed by atoms with E-state index >= 15 is 0 Å². The van der Waals surface area contributed by atoms with E-state index in [1.54, 1.807) is 24.3 Å². The number of nitriles is 1. The van der Waals surface area contributed by atoms with E-state index in [1.807, 2.05) is 12.1 Å². The Hall–Kier alpha value is -2.34. The number of hydrogen-bond acceptors (Lipinski definition) is 2. The molecule has 17 heavy (non-hydrogen) atoms. The van der Waals surface area contributed by atoms with E-state index in [0.29, 0.717) is 17.9 Å². The lowest BCUT2D eigenvalue weighted by molar-refractivity contribution is 0.305. The molecule has 0 radical (unpaired) electrons. The summed E-state index contributed by atoms with van der Waals surface area (Å²) in [6.07, 6.45) is 0. The van der Waals surface area contributed by atoms with Gasteiger partial charge in [-0.25, -0.2) is 4.39 Å². The van der Waals surface area contributed by atoms with Crippen molar-refractivity contribution in [3.63, 3.8) is 0 Å². The van der Waals surface area contributed by atoms with Crippen molar-refractivity contribution in [3.8, 4) is 11.8 Å². The molecule has 0 bridgehead atoms. The first kappa shape index (κ1) is 11.2. The Morgan fingerprint density at radius 3 is 2.47 bits per heavy atom. The van der Waals surface area contributed by atoms with Gasteiger partial charge in [-0.1, -0.05) is 18.2 Å². The molecule has 0 aliphatic rings. The molecule has 0 aliphatic heterocycles. The lowest BCUT2D eigenvalue weighted by atomic mass is 10.1. The summed E-state index contributed by atoms with van der Waals surface area (Å²) in [7, 11) is 0. The van der Waals surface area contributed by atoms with Crippen molar-refractivity contribution in [2.75, 3.05) is 0 Å². The summed E-state index contributed by atoms with van der Waals surface area (Å²) in [5.41, 5.74) is 1.41. The second-order valence-electron chi connectivity index (χ2n) is 3.51. The van der Waals surface area contributed by atoms with Crippen LogP contribution in [0.4, 0.5) is 4.39 Å². The van der Waals surface area contributed by atoms with Crippen molar-refractivity contribution in [2.45, 2.75) is 6.61 Å². The molecule has 84 valence electrons. The predicted octanol–water partition coefficient (Wildman–Crippen LogP) is 3.28. The van der Waals surface area contributed by atoms with E-state index in [1.165, 1.54) is 12.1 Å². The predicted molar refractivity (Wildman–Crippen MR) is 61.9 cm³/mol. The first-order valence-electron chi connectivity index (χ1n) is 5.16. The Morgan fingerprint density at radius 1 is 1.06 bits per heavy atom. The van der Waals surface area contributed by atoms with Gasteiger partial charge in [0.05, 0.1) is 11.6 Å². The van der Waals surface area contributed by atoms with Crippen LogP contribution >= 0.6 is 0 Å². The van der Waals surface area contributed by atoms with Crippen molar-refractivity contribution in [1.82, 2.24) is 0 Å². The zero-order valence-electron chi connectivity index (χ0n) is 9.06. The molecule has 2 rings (SSSR count). The lowest BCUT2D eigenvalue weighted by Gasteiger charge is -2.07. The van der Waals surface area contributed by atoms with Gasteiger partial charge in [0.25, 0.3) is 0 Å². The van der Waals surface area contributed by atoms with Gasteiger partial charge in [-0.05, 0) is 30.3 Å². The molecule has 0 saturated carbocycles. The van der Waals surface area contributed by atoms with Crippen molar-refractivity contribution < 1.29 is 9.13 Å². The fourth-order valence-corrected chi connectivity index (χ4v) is 1.45. The smallest absolute Gasteiger partial charge is 0.123 e. The minimum absolute atomic E-state index is 0.297. The van der Waals surface area contributed by atoms with Crippen LogP contribution in [0.25, 0.3) is 0 Å². The van der Waals surface area contributed by atoms with Crippen LogP contribution in [0.5, 0.6) is 5.75 Å². The average Bonchev–Trinajstić information content (AvgIpc) is 2.38. The number of benzene rings is 2. The van der Waals surface area contributed by atoms with Crippen LogP contribution < -0.4 is 4.74 Å². The second kappa shape index (κ2) is 5.13. The zero-order chi connectivity index (χ0) is 12.1. The number of ether oxygens (including phenoxy) is 1. The standard InChI is InChI=1S/C14H10FNO/c15-13-5-7-14(8-6-13)17-10-12-4-2-1-3-11(12)9-16/h1-8H,10H2. The van der Waals surface area contributed by atoms with Gasteiger partial charge < -0.3 is 4.74 Å². The summed E-state index contributed by atoms with van der Waals surface area (Å²) in [5.74, 6) is 0.286. The Balaban J connectivity index is 2.08. The maximum Gasteiger partial charge on any atom is 0.123 e. The quantitative estimate of drug-likeness (QED) is 0.806. The summed E-state index contributed by atoms with van der Waals surface area (Å²) in [6, 6.07) is 15.1. The van der Waals surface area contributed by atoms with Crippen LogP contribution in [0.2, 0.25) is 0 Å². The van der Waals surface area contributed by atoms with Crippen molar-refractivity contribution in [1.29, 1.82) is 5.26 Å². The molecule has 0 fully saturated rings. The number of halogens is 1. The molecule has 3 heteroatoms. The topological polar surface area (TPSA) is 33.0 Å². The van der Waals surface area contributed by atoms with Gasteiger partial charge in [0.2, 0.25) is 0 Å². The number of nitrogens with zero attached hydrogens (tertiary/aromatic N) is 1. The molecule has 0 aliphatic carbocycles. The third-order valence-electron chi connectivity index (χ3n) is 2.35. The van der Waals surface area contributed by atoms with E-state index in [-0.39, 0.29) is 5.82 Å². The normalized spacial score (nSPS) is 9.65. The monoisotopic (exact) mass is 227 g/mol. The van der Waals surface area contributed by atoms with Crippen molar-refractivity contribution in [2.24, 2.45) is 0 Å². The van der Waals surface area contributed by atoms with Gasteiger partial charge in [0, 0.05) is 5.56 Å². The Labute approximate surface area is 98.9 Å². The highest BCUT2D eigenvalue weighted by molar-refractivity contribution is 5.37. The average molecular weight is 227 g/mol. The third-order valence-corrected chi connectivity index (χ3v) is 2.35. The van der Waals surface area contributed by atoms with Gasteiger partial charge in [-0.2, -0.15) is 5.26 Å². The van der Waals surface area contributed by atoms with E-state index in [4.69, 9.17) is 10.00 Å². The summed E-state index contributed by atoms with van der Waals surface area (Å²) in [4.78, 5) is 0. The van der Waals surface area contributed by atoms with E-state index < -0.39 is 0 Å². The molecule has 0 atom stereocenters. The van der Waals surface area contributed by atoms with Crippen LogP contribution in [-0.4, -0.2) is 0 Å². The highest BCUT2D eigenvalue weighted by Gasteiger charge is 2.01. The van der Waals surface area contributed by atoms with Crippen molar-refractivity contribution >= 4 is 0 Å².